The maximum Gasteiger partial charge on any atom is 0.224 e. The van der Waals surface area contributed by atoms with E-state index < -0.39 is 0 Å². The Morgan fingerprint density at radius 2 is 1.68 bits per heavy atom. The van der Waals surface area contributed by atoms with Crippen molar-refractivity contribution in [3.8, 4) is 0 Å². The molecule has 1 N–H and O–H groups in total. The van der Waals surface area contributed by atoms with Crippen LogP contribution in [0.3, 0.4) is 0 Å². The molecule has 0 spiro atoms. The SMILES string of the molecule is Cc1ccc(CC(=O)NCc2ccc(CN3CCCCC3)cc2)cn1. The van der Waals surface area contributed by atoms with E-state index in [9.17, 15) is 4.79 Å². The molecule has 2 aromatic rings. The molecule has 1 aliphatic heterocycles. The van der Waals surface area contributed by atoms with E-state index in [-0.39, 0.29) is 5.91 Å². The van der Waals surface area contributed by atoms with E-state index >= 15 is 0 Å². The average Bonchev–Trinajstić information content (AvgIpc) is 2.64. The Bertz CT molecular complexity index is 673. The van der Waals surface area contributed by atoms with E-state index in [1.807, 2.05) is 19.1 Å². The van der Waals surface area contributed by atoms with Crippen molar-refractivity contribution in [2.45, 2.75) is 45.7 Å². The van der Waals surface area contributed by atoms with Gasteiger partial charge in [0.2, 0.25) is 5.91 Å². The molecule has 0 atom stereocenters. The number of hydrogen-bond donors (Lipinski definition) is 1. The second-order valence-corrected chi connectivity index (χ2v) is 6.91. The van der Waals surface area contributed by atoms with Crippen LogP contribution in [0.2, 0.25) is 0 Å². The van der Waals surface area contributed by atoms with Crippen molar-refractivity contribution in [2.24, 2.45) is 0 Å². The second kappa shape index (κ2) is 8.77. The number of nitrogens with one attached hydrogen (secondary N) is 1. The third kappa shape index (κ3) is 5.68. The van der Waals surface area contributed by atoms with Crippen molar-refractivity contribution in [2.75, 3.05) is 13.1 Å². The van der Waals surface area contributed by atoms with Crippen molar-refractivity contribution < 1.29 is 4.79 Å². The van der Waals surface area contributed by atoms with Gasteiger partial charge in [0, 0.05) is 25.0 Å². The largest absolute Gasteiger partial charge is 0.352 e. The fraction of sp³-hybridized carbons (Fsp3) is 0.429. The normalized spacial score (nSPS) is 15.1. The van der Waals surface area contributed by atoms with Crippen LogP contribution in [0.1, 0.15) is 41.6 Å². The highest BCUT2D eigenvalue weighted by atomic mass is 16.1. The Morgan fingerprint density at radius 1 is 1.00 bits per heavy atom. The number of aromatic nitrogens is 1. The zero-order chi connectivity index (χ0) is 17.5. The molecule has 1 fully saturated rings. The molecule has 1 aromatic heterocycles. The number of carbonyl (C=O) groups excluding carboxylic acids is 1. The highest BCUT2D eigenvalue weighted by Gasteiger charge is 2.10. The van der Waals surface area contributed by atoms with Crippen LogP contribution in [0.5, 0.6) is 0 Å². The quantitative estimate of drug-likeness (QED) is 0.880. The number of amides is 1. The maximum absolute atomic E-state index is 12.1. The highest BCUT2D eigenvalue weighted by Crippen LogP contribution is 2.13. The van der Waals surface area contributed by atoms with Crippen LogP contribution < -0.4 is 5.32 Å². The molecule has 1 saturated heterocycles. The fourth-order valence-electron chi connectivity index (χ4n) is 3.19. The fourth-order valence-corrected chi connectivity index (χ4v) is 3.19. The van der Waals surface area contributed by atoms with Crippen LogP contribution in [0.4, 0.5) is 0 Å². The summed E-state index contributed by atoms with van der Waals surface area (Å²) in [6.45, 7) is 5.98. The first-order valence-corrected chi connectivity index (χ1v) is 9.17. The summed E-state index contributed by atoms with van der Waals surface area (Å²) in [6, 6.07) is 12.5. The maximum atomic E-state index is 12.1. The Hall–Kier alpha value is -2.20. The molecule has 4 nitrogen and oxygen atoms in total. The molecule has 1 amide bonds. The summed E-state index contributed by atoms with van der Waals surface area (Å²) in [6.07, 6.45) is 6.15. The van der Waals surface area contributed by atoms with Crippen molar-refractivity contribution in [1.82, 2.24) is 15.2 Å². The van der Waals surface area contributed by atoms with Gasteiger partial charge in [0.15, 0.2) is 0 Å². The minimum absolute atomic E-state index is 0.0306. The molecular formula is C21H27N3O. The van der Waals surface area contributed by atoms with Crippen LogP contribution in [-0.4, -0.2) is 28.9 Å². The Balaban J connectivity index is 1.44. The molecule has 1 aliphatic rings. The van der Waals surface area contributed by atoms with Gasteiger partial charge in [-0.25, -0.2) is 0 Å². The van der Waals surface area contributed by atoms with Gasteiger partial charge in [-0.1, -0.05) is 36.8 Å². The number of nitrogens with zero attached hydrogens (tertiary/aromatic N) is 2. The lowest BCUT2D eigenvalue weighted by molar-refractivity contribution is -0.120. The molecule has 0 saturated carbocycles. The number of hydrogen-bond acceptors (Lipinski definition) is 3. The van der Waals surface area contributed by atoms with Gasteiger partial charge in [0.05, 0.1) is 6.42 Å². The van der Waals surface area contributed by atoms with E-state index in [0.717, 1.165) is 23.4 Å². The van der Waals surface area contributed by atoms with Crippen LogP contribution in [-0.2, 0) is 24.3 Å². The monoisotopic (exact) mass is 337 g/mol. The number of likely N-dealkylation sites (tertiary alicyclic amines) is 1. The minimum atomic E-state index is 0.0306. The number of aryl methyl sites for hydroxylation is 1. The predicted molar refractivity (Wildman–Crippen MR) is 100 cm³/mol. The van der Waals surface area contributed by atoms with Crippen LogP contribution in [0.15, 0.2) is 42.6 Å². The topological polar surface area (TPSA) is 45.2 Å². The molecule has 2 heterocycles. The van der Waals surface area contributed by atoms with Crippen molar-refractivity contribution in [3.05, 3.63) is 65.0 Å². The van der Waals surface area contributed by atoms with Crippen LogP contribution in [0.25, 0.3) is 0 Å². The van der Waals surface area contributed by atoms with E-state index in [1.165, 1.54) is 37.9 Å². The van der Waals surface area contributed by atoms with Crippen molar-refractivity contribution >= 4 is 5.91 Å². The summed E-state index contributed by atoms with van der Waals surface area (Å²) >= 11 is 0. The molecule has 0 aliphatic carbocycles. The van der Waals surface area contributed by atoms with Gasteiger partial charge in [-0.2, -0.15) is 0 Å². The molecule has 0 bridgehead atoms. The lowest BCUT2D eigenvalue weighted by Gasteiger charge is -2.26. The van der Waals surface area contributed by atoms with Crippen LogP contribution in [0, 0.1) is 6.92 Å². The summed E-state index contributed by atoms with van der Waals surface area (Å²) in [4.78, 5) is 18.8. The van der Waals surface area contributed by atoms with Gasteiger partial charge in [0.1, 0.15) is 0 Å². The van der Waals surface area contributed by atoms with Crippen molar-refractivity contribution in [3.63, 3.8) is 0 Å². The summed E-state index contributed by atoms with van der Waals surface area (Å²) < 4.78 is 0. The molecule has 0 unspecified atom stereocenters. The Kier molecular flexibility index (Phi) is 6.18. The lowest BCUT2D eigenvalue weighted by atomic mass is 10.1. The standard InChI is InChI=1S/C21H27N3O/c1-17-5-6-20(15-22-17)13-21(25)23-14-18-7-9-19(10-8-18)16-24-11-3-2-4-12-24/h5-10,15H,2-4,11-14,16H2,1H3,(H,23,25). The van der Waals surface area contributed by atoms with E-state index in [0.29, 0.717) is 13.0 Å². The third-order valence-corrected chi connectivity index (χ3v) is 4.70. The number of benzene rings is 1. The first-order valence-electron chi connectivity index (χ1n) is 9.17. The van der Waals surface area contributed by atoms with Gasteiger partial charge in [-0.3, -0.25) is 14.7 Å². The number of pyridine rings is 1. The van der Waals surface area contributed by atoms with E-state index in [4.69, 9.17) is 0 Å². The summed E-state index contributed by atoms with van der Waals surface area (Å²) in [5, 5.41) is 2.99. The Labute approximate surface area is 150 Å². The van der Waals surface area contributed by atoms with Crippen molar-refractivity contribution in [1.29, 1.82) is 0 Å². The molecular weight excluding hydrogens is 310 g/mol. The summed E-state index contributed by atoms with van der Waals surface area (Å²) in [5.74, 6) is 0.0306. The molecule has 0 radical (unpaired) electrons. The average molecular weight is 337 g/mol. The molecule has 3 rings (SSSR count). The smallest absolute Gasteiger partial charge is 0.224 e. The van der Waals surface area contributed by atoms with E-state index in [1.54, 1.807) is 6.20 Å². The molecule has 4 heteroatoms. The Morgan fingerprint density at radius 3 is 2.36 bits per heavy atom. The summed E-state index contributed by atoms with van der Waals surface area (Å²) in [7, 11) is 0. The number of carbonyl (C=O) groups is 1. The number of rotatable bonds is 6. The first kappa shape index (κ1) is 17.6. The van der Waals surface area contributed by atoms with Crippen LogP contribution >= 0.6 is 0 Å². The van der Waals surface area contributed by atoms with Gasteiger partial charge >= 0.3 is 0 Å². The lowest BCUT2D eigenvalue weighted by Crippen LogP contribution is -2.29. The molecule has 25 heavy (non-hydrogen) atoms. The van der Waals surface area contributed by atoms with Gasteiger partial charge in [-0.05, 0) is 55.6 Å². The number of piperidine rings is 1. The zero-order valence-electron chi connectivity index (χ0n) is 15.0. The molecule has 132 valence electrons. The molecule has 1 aromatic carbocycles. The first-order chi connectivity index (χ1) is 12.2. The second-order valence-electron chi connectivity index (χ2n) is 6.91. The zero-order valence-corrected chi connectivity index (χ0v) is 15.0. The third-order valence-electron chi connectivity index (χ3n) is 4.70. The minimum Gasteiger partial charge on any atom is -0.352 e. The highest BCUT2D eigenvalue weighted by molar-refractivity contribution is 5.78. The predicted octanol–water partition coefficient (Wildman–Crippen LogP) is 3.23. The van der Waals surface area contributed by atoms with Gasteiger partial charge in [0.25, 0.3) is 0 Å². The van der Waals surface area contributed by atoms with E-state index in [2.05, 4.69) is 39.5 Å². The van der Waals surface area contributed by atoms with Gasteiger partial charge in [-0.15, -0.1) is 0 Å². The summed E-state index contributed by atoms with van der Waals surface area (Å²) in [5.41, 5.74) is 4.40. The van der Waals surface area contributed by atoms with Gasteiger partial charge < -0.3 is 5.32 Å².